The third-order valence-corrected chi connectivity index (χ3v) is 8.40. The lowest BCUT2D eigenvalue weighted by Crippen LogP contribution is -2.51. The number of halogens is 2. The van der Waals surface area contributed by atoms with Gasteiger partial charge in [0.2, 0.25) is 15.9 Å². The Balaban J connectivity index is 1.45. The fraction of sp³-hybridized carbons (Fsp3) is 0.231. The number of para-hydroxylation sites is 2. The maximum absolute atomic E-state index is 13.2. The molecule has 3 aromatic rings. The molecule has 0 aromatic heterocycles. The molecular formula is C26H25Cl2N3O6S. The van der Waals surface area contributed by atoms with Crippen LogP contribution in [0.25, 0.3) is 0 Å². The monoisotopic (exact) mass is 577 g/mol. The standard InChI is InChI=1S/C26H25Cl2N3O6S/c27-17-13-18(28)15-20(14-17)38(35,36)31-11-3-5-23(31)25(32)30-22(26(33)34)12-16-7-9-19(10-8-16)37-24-6-2-1-4-21(24)29/h1-2,4,6-10,13-15,22-23H,3,5,11-12,29H2,(H,30,32)(H,33,34)/t22-,23-/m0/s1. The molecule has 1 amide bonds. The van der Waals surface area contributed by atoms with Gasteiger partial charge in [-0.2, -0.15) is 4.31 Å². The first-order valence-corrected chi connectivity index (χ1v) is 13.9. The van der Waals surface area contributed by atoms with E-state index in [0.717, 1.165) is 4.31 Å². The fourth-order valence-electron chi connectivity index (χ4n) is 4.20. The van der Waals surface area contributed by atoms with E-state index in [9.17, 15) is 23.1 Å². The predicted molar refractivity (Wildman–Crippen MR) is 144 cm³/mol. The van der Waals surface area contributed by atoms with E-state index in [2.05, 4.69) is 5.32 Å². The molecule has 4 rings (SSSR count). The molecule has 1 aliphatic heterocycles. The van der Waals surface area contributed by atoms with Gasteiger partial charge in [0.05, 0.1) is 10.6 Å². The third kappa shape index (κ3) is 6.39. The van der Waals surface area contributed by atoms with Crippen molar-refractivity contribution in [2.75, 3.05) is 12.3 Å². The number of carbonyl (C=O) groups is 2. The van der Waals surface area contributed by atoms with E-state index >= 15 is 0 Å². The lowest BCUT2D eigenvalue weighted by molar-refractivity contribution is -0.142. The van der Waals surface area contributed by atoms with Gasteiger partial charge in [0.15, 0.2) is 0 Å². The van der Waals surface area contributed by atoms with Gasteiger partial charge in [0.25, 0.3) is 0 Å². The van der Waals surface area contributed by atoms with Gasteiger partial charge < -0.3 is 20.9 Å². The largest absolute Gasteiger partial charge is 0.480 e. The van der Waals surface area contributed by atoms with Gasteiger partial charge in [-0.15, -0.1) is 0 Å². The Labute approximate surface area is 230 Å². The number of carboxylic acid groups (broad SMARTS) is 1. The Morgan fingerprint density at radius 3 is 2.37 bits per heavy atom. The molecule has 3 aromatic carbocycles. The molecule has 38 heavy (non-hydrogen) atoms. The number of hydrogen-bond acceptors (Lipinski definition) is 6. The van der Waals surface area contributed by atoms with Gasteiger partial charge >= 0.3 is 5.97 Å². The Morgan fingerprint density at radius 1 is 1.08 bits per heavy atom. The van der Waals surface area contributed by atoms with Gasteiger partial charge in [-0.25, -0.2) is 13.2 Å². The summed E-state index contributed by atoms with van der Waals surface area (Å²) in [7, 11) is -4.09. The van der Waals surface area contributed by atoms with Crippen LogP contribution in [0.2, 0.25) is 10.0 Å². The van der Waals surface area contributed by atoms with E-state index in [4.69, 9.17) is 33.7 Å². The Hall–Kier alpha value is -3.31. The molecule has 0 radical (unpaired) electrons. The van der Waals surface area contributed by atoms with Crippen molar-refractivity contribution < 1.29 is 27.9 Å². The first-order chi connectivity index (χ1) is 18.0. The van der Waals surface area contributed by atoms with Crippen LogP contribution in [0.4, 0.5) is 5.69 Å². The Kier molecular flexibility index (Phi) is 8.47. The topological polar surface area (TPSA) is 139 Å². The number of sulfonamides is 1. The Bertz CT molecular complexity index is 1430. The van der Waals surface area contributed by atoms with Crippen LogP contribution in [0.5, 0.6) is 11.5 Å². The van der Waals surface area contributed by atoms with Crippen LogP contribution < -0.4 is 15.8 Å². The lowest BCUT2D eigenvalue weighted by atomic mass is 10.1. The fourth-order valence-corrected chi connectivity index (χ4v) is 6.58. The number of anilines is 1. The minimum Gasteiger partial charge on any atom is -0.480 e. The highest BCUT2D eigenvalue weighted by Gasteiger charge is 2.40. The number of nitrogens with two attached hydrogens (primary N) is 1. The van der Waals surface area contributed by atoms with Crippen LogP contribution in [-0.4, -0.2) is 48.3 Å². The number of carbonyl (C=O) groups excluding carboxylic acids is 1. The first-order valence-electron chi connectivity index (χ1n) is 11.7. The SMILES string of the molecule is Nc1ccccc1Oc1ccc(C[C@H](NC(=O)[C@@H]2CCCN2S(=O)(=O)c2cc(Cl)cc(Cl)c2)C(=O)O)cc1. The van der Waals surface area contributed by atoms with Crippen molar-refractivity contribution in [1.29, 1.82) is 0 Å². The zero-order valence-electron chi connectivity index (χ0n) is 20.0. The lowest BCUT2D eigenvalue weighted by Gasteiger charge is -2.25. The summed E-state index contributed by atoms with van der Waals surface area (Å²) in [4.78, 5) is 24.9. The van der Waals surface area contributed by atoms with Gasteiger partial charge in [0, 0.05) is 23.0 Å². The first kappa shape index (κ1) is 27.7. The van der Waals surface area contributed by atoms with Crippen molar-refractivity contribution in [2.45, 2.75) is 36.2 Å². The molecule has 1 aliphatic rings. The minimum absolute atomic E-state index is 0.0157. The molecule has 0 unspecified atom stereocenters. The number of aliphatic carboxylic acids is 1. The second-order valence-corrected chi connectivity index (χ2v) is 11.5. The number of hydrogen-bond donors (Lipinski definition) is 3. The molecule has 1 fully saturated rings. The summed E-state index contributed by atoms with van der Waals surface area (Å²) in [5.41, 5.74) is 7.01. The van der Waals surface area contributed by atoms with Crippen molar-refractivity contribution in [3.63, 3.8) is 0 Å². The van der Waals surface area contributed by atoms with E-state index in [1.807, 2.05) is 0 Å². The number of nitrogens with one attached hydrogen (secondary N) is 1. The summed E-state index contributed by atoms with van der Waals surface area (Å²) in [6, 6.07) is 15.3. The molecular weight excluding hydrogens is 553 g/mol. The maximum atomic E-state index is 13.2. The van der Waals surface area contributed by atoms with E-state index in [1.165, 1.54) is 18.2 Å². The second kappa shape index (κ2) is 11.6. The summed E-state index contributed by atoms with van der Waals surface area (Å²) in [6.45, 7) is 0.107. The van der Waals surface area contributed by atoms with Gasteiger partial charge in [-0.1, -0.05) is 47.5 Å². The van der Waals surface area contributed by atoms with Crippen molar-refractivity contribution in [3.05, 3.63) is 82.3 Å². The zero-order valence-corrected chi connectivity index (χ0v) is 22.3. The van der Waals surface area contributed by atoms with E-state index in [0.29, 0.717) is 29.2 Å². The average Bonchev–Trinajstić information content (AvgIpc) is 3.37. The van der Waals surface area contributed by atoms with Crippen molar-refractivity contribution in [1.82, 2.24) is 9.62 Å². The highest BCUT2D eigenvalue weighted by atomic mass is 35.5. The van der Waals surface area contributed by atoms with Crippen LogP contribution in [0, 0.1) is 0 Å². The van der Waals surface area contributed by atoms with Crippen LogP contribution in [0.15, 0.2) is 71.6 Å². The normalized spacial score (nSPS) is 16.6. The van der Waals surface area contributed by atoms with Crippen LogP contribution in [0.1, 0.15) is 18.4 Å². The van der Waals surface area contributed by atoms with E-state index < -0.39 is 34.0 Å². The number of carboxylic acids is 1. The summed E-state index contributed by atoms with van der Waals surface area (Å²) >= 11 is 11.9. The number of ether oxygens (including phenoxy) is 1. The third-order valence-electron chi connectivity index (χ3n) is 6.07. The van der Waals surface area contributed by atoms with Crippen molar-refractivity contribution in [3.8, 4) is 11.5 Å². The number of rotatable bonds is 9. The summed E-state index contributed by atoms with van der Waals surface area (Å²) in [5.74, 6) is -0.932. The average molecular weight is 578 g/mol. The molecule has 1 saturated heterocycles. The maximum Gasteiger partial charge on any atom is 0.326 e. The molecule has 4 N–H and O–H groups in total. The molecule has 2 atom stereocenters. The minimum atomic E-state index is -4.09. The molecule has 0 spiro atoms. The number of amides is 1. The molecule has 1 heterocycles. The Morgan fingerprint density at radius 2 is 1.74 bits per heavy atom. The number of nitrogen functional groups attached to an aromatic ring is 1. The van der Waals surface area contributed by atoms with Crippen LogP contribution in [-0.2, 0) is 26.0 Å². The molecule has 0 bridgehead atoms. The van der Waals surface area contributed by atoms with Crippen molar-refractivity contribution >= 4 is 50.8 Å². The summed E-state index contributed by atoms with van der Waals surface area (Å²) < 4.78 is 33.3. The van der Waals surface area contributed by atoms with Gasteiger partial charge in [-0.3, -0.25) is 4.79 Å². The van der Waals surface area contributed by atoms with Crippen LogP contribution in [0.3, 0.4) is 0 Å². The summed E-state index contributed by atoms with van der Waals surface area (Å²) in [6.07, 6.45) is 0.676. The highest BCUT2D eigenvalue weighted by Crippen LogP contribution is 2.30. The van der Waals surface area contributed by atoms with Gasteiger partial charge in [-0.05, 0) is 60.9 Å². The number of nitrogens with zero attached hydrogens (tertiary/aromatic N) is 1. The highest BCUT2D eigenvalue weighted by molar-refractivity contribution is 7.89. The second-order valence-electron chi connectivity index (χ2n) is 8.77. The van der Waals surface area contributed by atoms with Crippen LogP contribution >= 0.6 is 23.2 Å². The van der Waals surface area contributed by atoms with Gasteiger partial charge in [0.1, 0.15) is 23.6 Å². The molecule has 12 heteroatoms. The van der Waals surface area contributed by atoms with E-state index in [-0.39, 0.29) is 34.3 Å². The predicted octanol–water partition coefficient (Wildman–Crippen LogP) is 4.33. The smallest absolute Gasteiger partial charge is 0.326 e. The summed E-state index contributed by atoms with van der Waals surface area (Å²) in [5, 5.41) is 12.5. The van der Waals surface area contributed by atoms with Crippen molar-refractivity contribution in [2.24, 2.45) is 0 Å². The van der Waals surface area contributed by atoms with E-state index in [1.54, 1.807) is 48.5 Å². The quantitative estimate of drug-likeness (QED) is 0.321. The zero-order chi connectivity index (χ0) is 27.4. The molecule has 0 saturated carbocycles. The number of benzene rings is 3. The molecule has 9 nitrogen and oxygen atoms in total. The molecule has 0 aliphatic carbocycles. The molecule has 200 valence electrons.